The minimum atomic E-state index is -1.57. The van der Waals surface area contributed by atoms with Gasteiger partial charge in [-0.1, -0.05) is 41.9 Å². The number of carbonyl (C=O) groups excluding carboxylic acids is 1. The quantitative estimate of drug-likeness (QED) is 0.744. The van der Waals surface area contributed by atoms with E-state index in [4.69, 9.17) is 16.3 Å². The van der Waals surface area contributed by atoms with Gasteiger partial charge in [0.25, 0.3) is 0 Å². The Morgan fingerprint density at radius 3 is 2.38 bits per heavy atom. The van der Waals surface area contributed by atoms with Gasteiger partial charge in [0, 0.05) is 11.4 Å². The van der Waals surface area contributed by atoms with E-state index in [0.29, 0.717) is 16.1 Å². The Morgan fingerprint density at radius 2 is 1.76 bits per heavy atom. The lowest BCUT2D eigenvalue weighted by Crippen LogP contribution is -2.19. The monoisotopic (exact) mass is 306 g/mol. The summed E-state index contributed by atoms with van der Waals surface area (Å²) in [6, 6.07) is 15.2. The molecule has 0 aliphatic rings. The lowest BCUT2D eigenvalue weighted by molar-refractivity contribution is 0.0412. The number of ether oxygens (including phenoxy) is 1. The number of carbonyl (C=O) groups is 1. The van der Waals surface area contributed by atoms with Gasteiger partial charge in [-0.3, -0.25) is 0 Å². The van der Waals surface area contributed by atoms with Crippen molar-refractivity contribution < 1.29 is 13.9 Å². The van der Waals surface area contributed by atoms with E-state index in [-0.39, 0.29) is 13.0 Å². The van der Waals surface area contributed by atoms with Crippen LogP contribution in [0.15, 0.2) is 54.6 Å². The summed E-state index contributed by atoms with van der Waals surface area (Å²) in [5, 5.41) is 0.560. The maximum atomic E-state index is 14.6. The third-order valence-corrected chi connectivity index (χ3v) is 3.51. The fourth-order valence-corrected chi connectivity index (χ4v) is 2.06. The molecule has 0 spiro atoms. The van der Waals surface area contributed by atoms with Gasteiger partial charge >= 0.3 is 5.97 Å². The summed E-state index contributed by atoms with van der Waals surface area (Å²) in [4.78, 5) is 11.7. The van der Waals surface area contributed by atoms with Gasteiger partial charge in [0.2, 0.25) is 0 Å². The molecular weight excluding hydrogens is 291 g/mol. The van der Waals surface area contributed by atoms with Gasteiger partial charge in [-0.05, 0) is 36.8 Å². The number of hydrogen-bond donors (Lipinski definition) is 0. The van der Waals surface area contributed by atoms with E-state index in [1.165, 1.54) is 6.92 Å². The van der Waals surface area contributed by atoms with Crippen LogP contribution in [0.3, 0.4) is 0 Å². The Kier molecular flexibility index (Phi) is 4.97. The zero-order valence-corrected chi connectivity index (χ0v) is 12.4. The first kappa shape index (κ1) is 15.5. The highest BCUT2D eigenvalue weighted by molar-refractivity contribution is 6.30. The van der Waals surface area contributed by atoms with Crippen LogP contribution in [-0.2, 0) is 10.4 Å². The van der Waals surface area contributed by atoms with E-state index < -0.39 is 11.6 Å². The minimum absolute atomic E-state index is 0.0172. The standard InChI is InChI=1S/C17H16ClFO2/c1-17(19,14-7-9-15(18)10-8-14)11-12-21-16(20)13-5-3-2-4-6-13/h2-10H,11-12H2,1H3. The molecule has 2 aromatic rings. The molecule has 0 bridgehead atoms. The second-order valence-electron chi connectivity index (χ2n) is 4.96. The Morgan fingerprint density at radius 1 is 1.14 bits per heavy atom. The van der Waals surface area contributed by atoms with Crippen molar-refractivity contribution in [3.05, 3.63) is 70.7 Å². The maximum Gasteiger partial charge on any atom is 0.338 e. The molecule has 1 atom stereocenters. The van der Waals surface area contributed by atoms with Crippen molar-refractivity contribution in [1.82, 2.24) is 0 Å². The topological polar surface area (TPSA) is 26.3 Å². The largest absolute Gasteiger partial charge is 0.462 e. The van der Waals surface area contributed by atoms with Gasteiger partial charge in [0.15, 0.2) is 0 Å². The van der Waals surface area contributed by atoms with Crippen molar-refractivity contribution in [2.75, 3.05) is 6.61 Å². The summed E-state index contributed by atoms with van der Waals surface area (Å²) in [5.41, 5.74) is -0.589. The third kappa shape index (κ3) is 4.30. The van der Waals surface area contributed by atoms with Crippen LogP contribution in [0.1, 0.15) is 29.3 Å². The van der Waals surface area contributed by atoms with Crippen LogP contribution in [0.4, 0.5) is 4.39 Å². The van der Waals surface area contributed by atoms with Gasteiger partial charge in [-0.2, -0.15) is 0 Å². The lowest BCUT2D eigenvalue weighted by atomic mass is 9.95. The molecule has 0 amide bonds. The summed E-state index contributed by atoms with van der Waals surface area (Å²) < 4.78 is 19.7. The van der Waals surface area contributed by atoms with E-state index in [0.717, 1.165) is 0 Å². The van der Waals surface area contributed by atoms with Crippen molar-refractivity contribution in [2.24, 2.45) is 0 Å². The smallest absolute Gasteiger partial charge is 0.338 e. The van der Waals surface area contributed by atoms with Crippen LogP contribution in [0.5, 0.6) is 0 Å². The summed E-state index contributed by atoms with van der Waals surface area (Å²) in [5.74, 6) is -0.442. The fourth-order valence-electron chi connectivity index (χ4n) is 1.93. The third-order valence-electron chi connectivity index (χ3n) is 3.26. The predicted octanol–water partition coefficient (Wildman–Crippen LogP) is 4.77. The second kappa shape index (κ2) is 6.72. The first-order chi connectivity index (χ1) is 9.99. The number of halogens is 2. The van der Waals surface area contributed by atoms with Gasteiger partial charge in [-0.25, -0.2) is 9.18 Å². The molecule has 21 heavy (non-hydrogen) atoms. The average Bonchev–Trinajstić information content (AvgIpc) is 2.48. The van der Waals surface area contributed by atoms with Crippen LogP contribution < -0.4 is 0 Å². The Labute approximate surface area is 128 Å². The van der Waals surface area contributed by atoms with Crippen LogP contribution >= 0.6 is 11.6 Å². The van der Waals surface area contributed by atoms with Crippen molar-refractivity contribution in [1.29, 1.82) is 0 Å². The molecule has 0 aromatic heterocycles. The average molecular weight is 307 g/mol. The molecule has 1 unspecified atom stereocenters. The predicted molar refractivity (Wildman–Crippen MR) is 81.3 cm³/mol. The van der Waals surface area contributed by atoms with Crippen molar-refractivity contribution >= 4 is 17.6 Å². The molecular formula is C17H16ClFO2. The zero-order valence-electron chi connectivity index (χ0n) is 11.7. The van der Waals surface area contributed by atoms with Gasteiger partial charge in [-0.15, -0.1) is 0 Å². The molecule has 0 aliphatic heterocycles. The van der Waals surface area contributed by atoms with E-state index in [1.54, 1.807) is 48.5 Å². The summed E-state index contributed by atoms with van der Waals surface area (Å²) in [7, 11) is 0. The fraction of sp³-hybridized carbons (Fsp3) is 0.235. The second-order valence-corrected chi connectivity index (χ2v) is 5.39. The molecule has 0 aliphatic carbocycles. The Balaban J connectivity index is 1.90. The minimum Gasteiger partial charge on any atom is -0.462 e. The molecule has 0 saturated carbocycles. The number of rotatable bonds is 5. The van der Waals surface area contributed by atoms with Crippen molar-refractivity contribution in [3.8, 4) is 0 Å². The molecule has 0 saturated heterocycles. The SMILES string of the molecule is CC(F)(CCOC(=O)c1ccccc1)c1ccc(Cl)cc1. The van der Waals surface area contributed by atoms with Gasteiger partial charge < -0.3 is 4.74 Å². The molecule has 0 radical (unpaired) electrons. The van der Waals surface area contributed by atoms with E-state index >= 15 is 0 Å². The van der Waals surface area contributed by atoms with E-state index in [1.807, 2.05) is 6.07 Å². The normalized spacial score (nSPS) is 13.5. The van der Waals surface area contributed by atoms with Crippen LogP contribution in [0.25, 0.3) is 0 Å². The maximum absolute atomic E-state index is 14.6. The highest BCUT2D eigenvalue weighted by Crippen LogP contribution is 2.30. The first-order valence-corrected chi connectivity index (χ1v) is 7.04. The zero-order chi connectivity index (χ0) is 15.3. The molecule has 110 valence electrons. The molecule has 2 nitrogen and oxygen atoms in total. The number of benzene rings is 2. The lowest BCUT2D eigenvalue weighted by Gasteiger charge is -2.20. The van der Waals surface area contributed by atoms with Crippen LogP contribution in [-0.4, -0.2) is 12.6 Å². The number of hydrogen-bond acceptors (Lipinski definition) is 2. The number of esters is 1. The summed E-state index contributed by atoms with van der Waals surface area (Å²) in [6.07, 6.45) is 0.0905. The Bertz CT molecular complexity index is 594. The highest BCUT2D eigenvalue weighted by Gasteiger charge is 2.26. The van der Waals surface area contributed by atoms with E-state index in [9.17, 15) is 9.18 Å². The molecule has 0 fully saturated rings. The van der Waals surface area contributed by atoms with Crippen molar-refractivity contribution in [3.63, 3.8) is 0 Å². The first-order valence-electron chi connectivity index (χ1n) is 6.66. The molecule has 0 N–H and O–H groups in total. The summed E-state index contributed by atoms with van der Waals surface area (Å²) >= 11 is 5.78. The van der Waals surface area contributed by atoms with E-state index in [2.05, 4.69) is 0 Å². The van der Waals surface area contributed by atoms with Gasteiger partial charge in [0.1, 0.15) is 5.67 Å². The van der Waals surface area contributed by atoms with Gasteiger partial charge in [0.05, 0.1) is 12.2 Å². The highest BCUT2D eigenvalue weighted by atomic mass is 35.5. The van der Waals surface area contributed by atoms with Crippen molar-refractivity contribution in [2.45, 2.75) is 19.0 Å². The molecule has 2 aromatic carbocycles. The van der Waals surface area contributed by atoms with Crippen LogP contribution in [0.2, 0.25) is 5.02 Å². The molecule has 2 rings (SSSR count). The molecule has 4 heteroatoms. The Hall–Kier alpha value is -1.87. The number of alkyl halides is 1. The van der Waals surface area contributed by atoms with Crippen LogP contribution in [0, 0.1) is 0 Å². The molecule has 0 heterocycles. The summed E-state index contributed by atoms with van der Waals surface area (Å²) in [6.45, 7) is 1.48.